The van der Waals surface area contributed by atoms with Gasteiger partial charge in [-0.05, 0) is 12.1 Å². The van der Waals surface area contributed by atoms with Crippen molar-refractivity contribution in [1.29, 1.82) is 0 Å². The molecule has 0 saturated carbocycles. The van der Waals surface area contributed by atoms with E-state index < -0.39 is 5.97 Å². The van der Waals surface area contributed by atoms with Gasteiger partial charge >= 0.3 is 5.97 Å². The maximum absolute atomic E-state index is 10.9. The van der Waals surface area contributed by atoms with Crippen molar-refractivity contribution in [3.05, 3.63) is 23.8 Å². The lowest BCUT2D eigenvalue weighted by Crippen LogP contribution is -2.00. The summed E-state index contributed by atoms with van der Waals surface area (Å²) in [7, 11) is 1.32. The molecule has 1 rings (SSSR count). The smallest absolute Gasteiger partial charge is 0.335 e. The van der Waals surface area contributed by atoms with Gasteiger partial charge in [-0.1, -0.05) is 11.8 Å². The standard InChI is InChI=1S/C8H8O4.H3N/c1-12-7-4-5(8(10)11)2-3-6(7)9;/h2-4,9H,1H3,(H,10,11);1H3. The molecule has 0 atom stereocenters. The zero-order valence-electron chi connectivity index (χ0n) is 7.40. The van der Waals surface area contributed by atoms with Crippen LogP contribution in [0.25, 0.3) is 0 Å². The molecular weight excluding hydrogens is 174 g/mol. The molecule has 0 bridgehead atoms. The Kier molecular flexibility index (Phi) is 3.74. The van der Waals surface area contributed by atoms with E-state index in [1.807, 2.05) is 0 Å². The van der Waals surface area contributed by atoms with Crippen molar-refractivity contribution >= 4 is 5.97 Å². The fourth-order valence-electron chi connectivity index (χ4n) is 0.801. The van der Waals surface area contributed by atoms with Crippen LogP contribution < -0.4 is 16.0 Å². The minimum atomic E-state index is -1.08. The van der Waals surface area contributed by atoms with E-state index in [-0.39, 0.29) is 23.2 Å². The van der Waals surface area contributed by atoms with Crippen molar-refractivity contribution in [2.45, 2.75) is 0 Å². The van der Waals surface area contributed by atoms with Gasteiger partial charge in [-0.2, -0.15) is 0 Å². The second-order valence-electron chi connectivity index (χ2n) is 2.17. The molecule has 0 heterocycles. The van der Waals surface area contributed by atoms with Crippen LogP contribution in [0.3, 0.4) is 0 Å². The van der Waals surface area contributed by atoms with Gasteiger partial charge in [0.25, 0.3) is 0 Å². The van der Waals surface area contributed by atoms with E-state index in [2.05, 4.69) is 4.74 Å². The highest BCUT2D eigenvalue weighted by atomic mass is 16.5. The third kappa shape index (κ3) is 2.34. The van der Waals surface area contributed by atoms with Crippen LogP contribution in [-0.2, 0) is 0 Å². The quantitative estimate of drug-likeness (QED) is 0.711. The summed E-state index contributed by atoms with van der Waals surface area (Å²) in [6.07, 6.45) is 0. The number of carbonyl (C=O) groups is 1. The minimum Gasteiger partial charge on any atom is -0.870 e. The molecule has 13 heavy (non-hydrogen) atoms. The van der Waals surface area contributed by atoms with Crippen LogP contribution in [-0.4, -0.2) is 18.2 Å². The topological polar surface area (TPSA) is 106 Å². The highest BCUT2D eigenvalue weighted by molar-refractivity contribution is 5.88. The summed E-state index contributed by atoms with van der Waals surface area (Å²) in [5.41, 5.74) is 0.0476. The molecule has 1 aromatic rings. The monoisotopic (exact) mass is 185 g/mol. The van der Waals surface area contributed by atoms with Gasteiger partial charge in [-0.3, -0.25) is 0 Å². The number of ether oxygens (including phenoxy) is 1. The van der Waals surface area contributed by atoms with Crippen molar-refractivity contribution in [3.63, 3.8) is 0 Å². The Morgan fingerprint density at radius 1 is 1.54 bits per heavy atom. The first kappa shape index (κ1) is 11.2. The summed E-state index contributed by atoms with van der Waals surface area (Å²) >= 11 is 0. The minimum absolute atomic E-state index is 0. The number of quaternary nitrogens is 1. The SMILES string of the molecule is COc1cc(C(=O)O)ccc1[O-].[NH4+]. The Morgan fingerprint density at radius 3 is 2.62 bits per heavy atom. The molecule has 0 radical (unpaired) electrons. The van der Waals surface area contributed by atoms with E-state index in [1.54, 1.807) is 0 Å². The number of carboxylic acids is 1. The van der Waals surface area contributed by atoms with Gasteiger partial charge in [-0.25, -0.2) is 4.79 Å². The summed E-state index contributed by atoms with van der Waals surface area (Å²) < 4.78 is 4.66. The molecule has 0 amide bonds. The molecule has 0 saturated heterocycles. The molecule has 0 aromatic heterocycles. The van der Waals surface area contributed by atoms with Gasteiger partial charge < -0.3 is 21.1 Å². The average Bonchev–Trinajstić information content (AvgIpc) is 2.05. The van der Waals surface area contributed by atoms with Crippen molar-refractivity contribution in [3.8, 4) is 11.5 Å². The van der Waals surface area contributed by atoms with Crippen molar-refractivity contribution in [2.24, 2.45) is 0 Å². The van der Waals surface area contributed by atoms with Gasteiger partial charge in [0.1, 0.15) is 5.75 Å². The second kappa shape index (κ2) is 4.32. The molecule has 0 unspecified atom stereocenters. The molecule has 5 heteroatoms. The Labute approximate surface area is 75.2 Å². The average molecular weight is 185 g/mol. The zero-order chi connectivity index (χ0) is 9.14. The fraction of sp³-hybridized carbons (Fsp3) is 0.125. The number of methoxy groups -OCH3 is 1. The summed E-state index contributed by atoms with van der Waals surface area (Å²) in [6, 6.07) is 3.61. The molecule has 0 aliphatic heterocycles. The van der Waals surface area contributed by atoms with Crippen molar-refractivity contribution < 1.29 is 19.7 Å². The molecular formula is C8H11NO4. The van der Waals surface area contributed by atoms with Crippen LogP contribution >= 0.6 is 0 Å². The summed E-state index contributed by atoms with van der Waals surface area (Å²) in [5, 5.41) is 19.4. The Morgan fingerprint density at radius 2 is 2.15 bits per heavy atom. The first-order chi connectivity index (χ1) is 5.65. The lowest BCUT2D eigenvalue weighted by atomic mass is 10.2. The lowest BCUT2D eigenvalue weighted by Gasteiger charge is -2.11. The van der Waals surface area contributed by atoms with Crippen LogP contribution in [0.2, 0.25) is 0 Å². The zero-order valence-corrected chi connectivity index (χ0v) is 7.40. The Hall–Kier alpha value is -1.75. The third-order valence-electron chi connectivity index (χ3n) is 1.41. The van der Waals surface area contributed by atoms with Crippen LogP contribution in [0.4, 0.5) is 0 Å². The van der Waals surface area contributed by atoms with E-state index in [4.69, 9.17) is 5.11 Å². The van der Waals surface area contributed by atoms with Crippen LogP contribution in [0.5, 0.6) is 11.5 Å². The first-order valence-electron chi connectivity index (χ1n) is 3.23. The van der Waals surface area contributed by atoms with Gasteiger partial charge in [0, 0.05) is 0 Å². The van der Waals surface area contributed by atoms with E-state index in [0.717, 1.165) is 0 Å². The van der Waals surface area contributed by atoms with Gasteiger partial charge in [0.2, 0.25) is 0 Å². The van der Waals surface area contributed by atoms with Crippen molar-refractivity contribution in [1.82, 2.24) is 6.15 Å². The number of hydrogen-bond donors (Lipinski definition) is 2. The molecule has 72 valence electrons. The van der Waals surface area contributed by atoms with E-state index in [1.165, 1.54) is 25.3 Å². The molecule has 0 fully saturated rings. The summed E-state index contributed by atoms with van der Waals surface area (Å²) in [6.45, 7) is 0. The second-order valence-corrected chi connectivity index (χ2v) is 2.17. The highest BCUT2D eigenvalue weighted by Gasteiger charge is 2.03. The maximum atomic E-state index is 10.9. The molecule has 0 spiro atoms. The number of hydrogen-bond acceptors (Lipinski definition) is 3. The van der Waals surface area contributed by atoms with Crippen LogP contribution in [0.1, 0.15) is 10.4 Å². The van der Waals surface area contributed by atoms with Crippen molar-refractivity contribution in [2.75, 3.05) is 7.11 Å². The largest absolute Gasteiger partial charge is 0.870 e. The Balaban J connectivity index is 0.00000144. The first-order valence-corrected chi connectivity index (χ1v) is 3.23. The predicted molar refractivity (Wildman–Crippen MR) is 45.4 cm³/mol. The van der Waals surface area contributed by atoms with E-state index >= 15 is 0 Å². The molecule has 0 aliphatic carbocycles. The lowest BCUT2D eigenvalue weighted by molar-refractivity contribution is -0.270. The van der Waals surface area contributed by atoms with Gasteiger partial charge in [0.15, 0.2) is 0 Å². The fourth-order valence-corrected chi connectivity index (χ4v) is 0.801. The number of benzene rings is 1. The number of carboxylic acid groups (broad SMARTS) is 1. The highest BCUT2D eigenvalue weighted by Crippen LogP contribution is 2.23. The van der Waals surface area contributed by atoms with Gasteiger partial charge in [-0.15, -0.1) is 0 Å². The number of rotatable bonds is 2. The Bertz CT molecular complexity index is 311. The molecule has 0 aliphatic rings. The molecule has 5 nitrogen and oxygen atoms in total. The molecule has 5 N–H and O–H groups in total. The van der Waals surface area contributed by atoms with Crippen LogP contribution in [0, 0.1) is 0 Å². The van der Waals surface area contributed by atoms with Gasteiger partial charge in [0.05, 0.1) is 12.7 Å². The third-order valence-corrected chi connectivity index (χ3v) is 1.41. The maximum Gasteiger partial charge on any atom is 0.335 e. The predicted octanol–water partition coefficient (Wildman–Crippen LogP) is 0.843. The summed E-state index contributed by atoms with van der Waals surface area (Å²) in [5.74, 6) is -1.34. The van der Waals surface area contributed by atoms with E-state index in [9.17, 15) is 9.90 Å². The van der Waals surface area contributed by atoms with E-state index in [0.29, 0.717) is 0 Å². The number of aromatic carboxylic acids is 1. The normalized spacial score (nSPS) is 8.69. The van der Waals surface area contributed by atoms with Crippen LogP contribution in [0.15, 0.2) is 18.2 Å². The summed E-state index contributed by atoms with van der Waals surface area (Å²) in [4.78, 5) is 10.4. The molecule has 1 aromatic carbocycles.